The van der Waals surface area contributed by atoms with Gasteiger partial charge in [-0.15, -0.1) is 0 Å². The van der Waals surface area contributed by atoms with Crippen LogP contribution in [-0.2, 0) is 9.53 Å². The predicted octanol–water partition coefficient (Wildman–Crippen LogP) is 1.58. The van der Waals surface area contributed by atoms with Gasteiger partial charge >= 0.3 is 12.0 Å². The second-order valence-corrected chi connectivity index (χ2v) is 7.13. The summed E-state index contributed by atoms with van der Waals surface area (Å²) in [6, 6.07) is 7.67. The molecule has 2 unspecified atom stereocenters. The molecule has 1 aromatic carbocycles. The fourth-order valence-corrected chi connectivity index (χ4v) is 3.11. The van der Waals surface area contributed by atoms with Crippen LogP contribution in [0.2, 0.25) is 0 Å². The Labute approximate surface area is 166 Å². The minimum Gasteiger partial charge on any atom is -0.488 e. The van der Waals surface area contributed by atoms with Crippen molar-refractivity contribution in [2.75, 3.05) is 46.4 Å². The zero-order chi connectivity index (χ0) is 20.5. The van der Waals surface area contributed by atoms with Crippen LogP contribution >= 0.6 is 0 Å². The third-order valence-corrected chi connectivity index (χ3v) is 4.67. The van der Waals surface area contributed by atoms with Gasteiger partial charge in [0.05, 0.1) is 25.8 Å². The van der Waals surface area contributed by atoms with E-state index in [2.05, 4.69) is 5.32 Å². The molecule has 2 atom stereocenters. The van der Waals surface area contributed by atoms with Crippen LogP contribution in [0.4, 0.5) is 4.79 Å². The van der Waals surface area contributed by atoms with E-state index in [1.165, 1.54) is 0 Å². The normalized spacial score (nSPS) is 18.0. The molecule has 1 aromatic rings. The minimum absolute atomic E-state index is 0.0551. The van der Waals surface area contributed by atoms with Crippen molar-refractivity contribution in [3.63, 3.8) is 0 Å². The molecule has 0 aliphatic carbocycles. The zero-order valence-corrected chi connectivity index (χ0v) is 16.9. The molecular formula is C20H31N3O5. The maximum atomic E-state index is 12.5. The summed E-state index contributed by atoms with van der Waals surface area (Å²) in [6.45, 7) is 6.24. The summed E-state index contributed by atoms with van der Waals surface area (Å²) in [5, 5.41) is 11.8. The Hall–Kier alpha value is -2.32. The molecule has 1 saturated heterocycles. The van der Waals surface area contributed by atoms with Gasteiger partial charge in [0.2, 0.25) is 0 Å². The predicted molar refractivity (Wildman–Crippen MR) is 106 cm³/mol. The van der Waals surface area contributed by atoms with Crippen LogP contribution in [-0.4, -0.2) is 85.5 Å². The van der Waals surface area contributed by atoms with Gasteiger partial charge in [0.25, 0.3) is 0 Å². The highest BCUT2D eigenvalue weighted by Gasteiger charge is 2.26. The van der Waals surface area contributed by atoms with Crippen molar-refractivity contribution >= 4 is 12.0 Å². The number of morpholine rings is 1. The molecule has 0 saturated carbocycles. The fourth-order valence-electron chi connectivity index (χ4n) is 3.11. The summed E-state index contributed by atoms with van der Waals surface area (Å²) >= 11 is 0. The number of para-hydroxylation sites is 1. The van der Waals surface area contributed by atoms with E-state index in [0.29, 0.717) is 32.8 Å². The van der Waals surface area contributed by atoms with E-state index in [9.17, 15) is 9.59 Å². The van der Waals surface area contributed by atoms with E-state index >= 15 is 0 Å². The molecular weight excluding hydrogens is 362 g/mol. The van der Waals surface area contributed by atoms with Crippen molar-refractivity contribution < 1.29 is 24.2 Å². The van der Waals surface area contributed by atoms with Crippen molar-refractivity contribution in [3.8, 4) is 5.75 Å². The number of nitrogens with zero attached hydrogens (tertiary/aromatic N) is 2. The number of benzene rings is 1. The quantitative estimate of drug-likeness (QED) is 0.662. The Morgan fingerprint density at radius 1 is 1.43 bits per heavy atom. The van der Waals surface area contributed by atoms with Crippen LogP contribution in [0.5, 0.6) is 5.75 Å². The lowest BCUT2D eigenvalue weighted by Gasteiger charge is -2.34. The average molecular weight is 393 g/mol. The summed E-state index contributed by atoms with van der Waals surface area (Å²) in [7, 11) is 1.73. The largest absolute Gasteiger partial charge is 0.488 e. The fraction of sp³-hybridized carbons (Fsp3) is 0.600. The molecule has 2 rings (SSSR count). The first-order chi connectivity index (χ1) is 13.4. The molecule has 0 radical (unpaired) electrons. The number of urea groups is 1. The summed E-state index contributed by atoms with van der Waals surface area (Å²) in [6.07, 6.45) is 0.470. The molecule has 8 nitrogen and oxygen atoms in total. The monoisotopic (exact) mass is 393 g/mol. The van der Waals surface area contributed by atoms with E-state index in [0.717, 1.165) is 17.7 Å². The summed E-state index contributed by atoms with van der Waals surface area (Å²) in [5.74, 6) is -0.0522. The molecule has 2 amide bonds. The minimum atomic E-state index is -0.882. The summed E-state index contributed by atoms with van der Waals surface area (Å²) in [4.78, 5) is 26.7. The average Bonchev–Trinajstić information content (AvgIpc) is 2.65. The zero-order valence-electron chi connectivity index (χ0n) is 16.9. The van der Waals surface area contributed by atoms with Crippen LogP contribution in [0.3, 0.4) is 0 Å². The number of amides is 2. The molecule has 0 spiro atoms. The lowest BCUT2D eigenvalue weighted by molar-refractivity contribution is -0.138. The van der Waals surface area contributed by atoms with Crippen molar-refractivity contribution in [2.24, 2.45) is 0 Å². The number of hydrogen-bond donors (Lipinski definition) is 2. The first kappa shape index (κ1) is 22.0. The molecule has 1 heterocycles. The van der Waals surface area contributed by atoms with Crippen LogP contribution in [0.25, 0.3) is 0 Å². The van der Waals surface area contributed by atoms with Gasteiger partial charge in [0, 0.05) is 19.6 Å². The Kier molecular flexibility index (Phi) is 8.53. The number of ether oxygens (including phenoxy) is 2. The van der Waals surface area contributed by atoms with Gasteiger partial charge in [0.1, 0.15) is 11.9 Å². The standard InChI is InChI=1S/C20H31N3O5/c1-4-16(28-18-8-6-5-7-15(18)2)11-21-20(26)23-9-10-27-17(13-23)12-22(3)14-19(24)25/h5-8,16-17H,4,9-14H2,1-3H3,(H,21,26)(H,24,25). The Bertz CT molecular complexity index is 654. The number of aryl methyl sites for hydroxylation is 1. The molecule has 1 aliphatic rings. The number of aliphatic carboxylic acids is 1. The number of nitrogens with one attached hydrogen (secondary N) is 1. The van der Waals surface area contributed by atoms with Crippen LogP contribution in [0.15, 0.2) is 24.3 Å². The van der Waals surface area contributed by atoms with Crippen molar-refractivity contribution in [2.45, 2.75) is 32.5 Å². The van der Waals surface area contributed by atoms with Crippen molar-refractivity contribution in [1.29, 1.82) is 0 Å². The highest BCUT2D eigenvalue weighted by Crippen LogP contribution is 2.18. The molecule has 2 N–H and O–H groups in total. The third-order valence-electron chi connectivity index (χ3n) is 4.67. The van der Waals surface area contributed by atoms with Gasteiger partial charge in [0.15, 0.2) is 0 Å². The Morgan fingerprint density at radius 2 is 2.18 bits per heavy atom. The van der Waals surface area contributed by atoms with E-state index in [-0.39, 0.29) is 24.8 Å². The van der Waals surface area contributed by atoms with Gasteiger partial charge in [-0.2, -0.15) is 0 Å². The van der Waals surface area contributed by atoms with Crippen LogP contribution in [0.1, 0.15) is 18.9 Å². The summed E-state index contributed by atoms with van der Waals surface area (Å²) in [5.41, 5.74) is 1.06. The van der Waals surface area contributed by atoms with E-state index in [1.54, 1.807) is 16.8 Å². The molecule has 156 valence electrons. The Balaban J connectivity index is 1.80. The van der Waals surface area contributed by atoms with Gasteiger partial charge < -0.3 is 24.8 Å². The molecule has 8 heteroatoms. The van der Waals surface area contributed by atoms with E-state index < -0.39 is 5.97 Å². The second-order valence-electron chi connectivity index (χ2n) is 7.13. The maximum Gasteiger partial charge on any atom is 0.317 e. The first-order valence-electron chi connectivity index (χ1n) is 9.66. The highest BCUT2D eigenvalue weighted by molar-refractivity contribution is 5.74. The van der Waals surface area contributed by atoms with Crippen molar-refractivity contribution in [3.05, 3.63) is 29.8 Å². The smallest absolute Gasteiger partial charge is 0.317 e. The van der Waals surface area contributed by atoms with E-state index in [4.69, 9.17) is 14.6 Å². The number of rotatable bonds is 9. The molecule has 0 bridgehead atoms. The second kappa shape index (κ2) is 10.9. The number of hydrogen-bond acceptors (Lipinski definition) is 5. The van der Waals surface area contributed by atoms with Crippen LogP contribution in [0, 0.1) is 6.92 Å². The number of carboxylic acid groups (broad SMARTS) is 1. The van der Waals surface area contributed by atoms with Gasteiger partial charge in [-0.1, -0.05) is 25.1 Å². The number of carboxylic acids is 1. The van der Waals surface area contributed by atoms with Gasteiger partial charge in [-0.25, -0.2) is 4.79 Å². The lowest BCUT2D eigenvalue weighted by Crippen LogP contribution is -2.53. The third kappa shape index (κ3) is 7.01. The van der Waals surface area contributed by atoms with Gasteiger partial charge in [-0.3, -0.25) is 9.69 Å². The number of likely N-dealkylation sites (N-methyl/N-ethyl adjacent to an activating group) is 1. The van der Waals surface area contributed by atoms with Crippen molar-refractivity contribution in [1.82, 2.24) is 15.1 Å². The number of carbonyl (C=O) groups is 2. The van der Waals surface area contributed by atoms with E-state index in [1.807, 2.05) is 38.1 Å². The topological polar surface area (TPSA) is 91.3 Å². The molecule has 1 aliphatic heterocycles. The molecule has 1 fully saturated rings. The molecule has 0 aromatic heterocycles. The lowest BCUT2D eigenvalue weighted by atomic mass is 10.2. The molecule has 28 heavy (non-hydrogen) atoms. The first-order valence-corrected chi connectivity index (χ1v) is 9.66. The maximum absolute atomic E-state index is 12.5. The SMILES string of the molecule is CCC(CNC(=O)N1CCOC(CN(C)CC(=O)O)C1)Oc1ccccc1C. The Morgan fingerprint density at radius 3 is 2.86 bits per heavy atom. The highest BCUT2D eigenvalue weighted by atomic mass is 16.5. The summed E-state index contributed by atoms with van der Waals surface area (Å²) < 4.78 is 11.7. The number of carbonyl (C=O) groups excluding carboxylic acids is 1. The van der Waals surface area contributed by atoms with Crippen LogP contribution < -0.4 is 10.1 Å². The van der Waals surface area contributed by atoms with Gasteiger partial charge in [-0.05, 0) is 32.0 Å².